The first kappa shape index (κ1) is 14.3. The van der Waals surface area contributed by atoms with Crippen LogP contribution in [0.15, 0.2) is 23.1 Å². The zero-order valence-corrected chi connectivity index (χ0v) is 12.5. The van der Waals surface area contributed by atoms with Crippen LogP contribution in [0.3, 0.4) is 0 Å². The Labute approximate surface area is 119 Å². The topological polar surface area (TPSA) is 46.3 Å². The standard InChI is InChI=1S/C15H22N2OS/c1-11-5-7-17(8-6-11)15(18)10-19-14-9-13(16)4-3-12(14)2/h3-4,9,11H,5-8,10,16H2,1-2H3. The maximum absolute atomic E-state index is 12.1. The molecule has 1 aromatic carbocycles. The highest BCUT2D eigenvalue weighted by Gasteiger charge is 2.20. The maximum Gasteiger partial charge on any atom is 0.232 e. The van der Waals surface area contributed by atoms with E-state index in [0.29, 0.717) is 5.75 Å². The number of amides is 1. The van der Waals surface area contributed by atoms with Crippen molar-refractivity contribution in [1.82, 2.24) is 4.90 Å². The zero-order valence-electron chi connectivity index (χ0n) is 11.7. The number of nitrogens with zero attached hydrogens (tertiary/aromatic N) is 1. The number of hydrogen-bond donors (Lipinski definition) is 1. The Morgan fingerprint density at radius 3 is 2.79 bits per heavy atom. The smallest absolute Gasteiger partial charge is 0.232 e. The van der Waals surface area contributed by atoms with Gasteiger partial charge in [-0.2, -0.15) is 0 Å². The third-order valence-corrected chi connectivity index (χ3v) is 4.84. The van der Waals surface area contributed by atoms with Crippen molar-refractivity contribution in [2.45, 2.75) is 31.6 Å². The number of carbonyl (C=O) groups excluding carboxylic acids is 1. The van der Waals surface area contributed by atoms with Crippen LogP contribution in [-0.4, -0.2) is 29.6 Å². The van der Waals surface area contributed by atoms with E-state index in [1.807, 2.05) is 23.1 Å². The predicted octanol–water partition coefficient (Wildman–Crippen LogP) is 2.93. The second-order valence-corrected chi connectivity index (χ2v) is 6.39. The molecule has 3 nitrogen and oxygen atoms in total. The van der Waals surface area contributed by atoms with Crippen LogP contribution in [0.4, 0.5) is 5.69 Å². The Morgan fingerprint density at radius 2 is 2.11 bits per heavy atom. The van der Waals surface area contributed by atoms with Crippen LogP contribution in [0.1, 0.15) is 25.3 Å². The summed E-state index contributed by atoms with van der Waals surface area (Å²) in [5.41, 5.74) is 7.72. The molecule has 2 rings (SSSR count). The monoisotopic (exact) mass is 278 g/mol. The van der Waals surface area contributed by atoms with Crippen molar-refractivity contribution in [1.29, 1.82) is 0 Å². The molecule has 0 spiro atoms. The number of benzene rings is 1. The highest BCUT2D eigenvalue weighted by molar-refractivity contribution is 8.00. The number of rotatable bonds is 3. The molecule has 1 amide bonds. The third kappa shape index (κ3) is 3.90. The number of nitrogen functional groups attached to an aromatic ring is 1. The second kappa shape index (κ2) is 6.33. The summed E-state index contributed by atoms with van der Waals surface area (Å²) in [5.74, 6) is 1.52. The van der Waals surface area contributed by atoms with Gasteiger partial charge in [0.2, 0.25) is 5.91 Å². The molecular weight excluding hydrogens is 256 g/mol. The van der Waals surface area contributed by atoms with Gasteiger partial charge in [-0.15, -0.1) is 11.8 Å². The molecule has 0 aromatic heterocycles. The van der Waals surface area contributed by atoms with Gasteiger partial charge in [0.05, 0.1) is 5.75 Å². The Balaban J connectivity index is 1.88. The Bertz CT molecular complexity index is 453. The summed E-state index contributed by atoms with van der Waals surface area (Å²) in [6.45, 7) is 6.13. The summed E-state index contributed by atoms with van der Waals surface area (Å²) in [4.78, 5) is 15.3. The van der Waals surface area contributed by atoms with E-state index in [1.165, 1.54) is 5.56 Å². The van der Waals surface area contributed by atoms with E-state index in [2.05, 4.69) is 13.8 Å². The predicted molar refractivity (Wildman–Crippen MR) is 81.3 cm³/mol. The quantitative estimate of drug-likeness (QED) is 0.683. The minimum absolute atomic E-state index is 0.249. The average Bonchev–Trinajstić information content (AvgIpc) is 2.40. The molecule has 0 radical (unpaired) electrons. The fraction of sp³-hybridized carbons (Fsp3) is 0.533. The molecule has 104 valence electrons. The van der Waals surface area contributed by atoms with E-state index < -0.39 is 0 Å². The normalized spacial score (nSPS) is 16.6. The number of hydrogen-bond acceptors (Lipinski definition) is 3. The number of thioether (sulfide) groups is 1. The molecule has 1 aromatic rings. The number of nitrogens with two attached hydrogens (primary N) is 1. The van der Waals surface area contributed by atoms with E-state index in [0.717, 1.165) is 42.4 Å². The third-order valence-electron chi connectivity index (χ3n) is 3.70. The number of carbonyl (C=O) groups is 1. The first-order valence-electron chi connectivity index (χ1n) is 6.83. The van der Waals surface area contributed by atoms with Crippen LogP contribution >= 0.6 is 11.8 Å². The highest BCUT2D eigenvalue weighted by Crippen LogP contribution is 2.25. The summed E-state index contributed by atoms with van der Waals surface area (Å²) in [6, 6.07) is 5.85. The molecule has 0 saturated carbocycles. The Hall–Kier alpha value is -1.16. The first-order chi connectivity index (χ1) is 9.06. The lowest BCUT2D eigenvalue weighted by atomic mass is 9.99. The largest absolute Gasteiger partial charge is 0.399 e. The van der Waals surface area contributed by atoms with Crippen molar-refractivity contribution in [3.8, 4) is 0 Å². The lowest BCUT2D eigenvalue weighted by molar-refractivity contribution is -0.129. The average molecular weight is 278 g/mol. The van der Waals surface area contributed by atoms with Gasteiger partial charge < -0.3 is 10.6 Å². The van der Waals surface area contributed by atoms with Crippen molar-refractivity contribution < 1.29 is 4.79 Å². The van der Waals surface area contributed by atoms with Gasteiger partial charge in [0.1, 0.15) is 0 Å². The summed E-state index contributed by atoms with van der Waals surface area (Å²) >= 11 is 1.59. The van der Waals surface area contributed by atoms with Crippen LogP contribution in [0.2, 0.25) is 0 Å². The summed E-state index contributed by atoms with van der Waals surface area (Å²) in [7, 11) is 0. The van der Waals surface area contributed by atoms with Crippen molar-refractivity contribution in [3.05, 3.63) is 23.8 Å². The molecule has 1 heterocycles. The van der Waals surface area contributed by atoms with Gasteiger partial charge in [-0.25, -0.2) is 0 Å². The minimum Gasteiger partial charge on any atom is -0.399 e. The van der Waals surface area contributed by atoms with Gasteiger partial charge in [-0.3, -0.25) is 4.79 Å². The molecule has 0 atom stereocenters. The summed E-state index contributed by atoms with van der Waals surface area (Å²) < 4.78 is 0. The van der Waals surface area contributed by atoms with Crippen LogP contribution in [0.5, 0.6) is 0 Å². The second-order valence-electron chi connectivity index (χ2n) is 5.38. The molecule has 2 N–H and O–H groups in total. The van der Waals surface area contributed by atoms with Gasteiger partial charge >= 0.3 is 0 Å². The zero-order chi connectivity index (χ0) is 13.8. The van der Waals surface area contributed by atoms with Crippen molar-refractivity contribution >= 4 is 23.4 Å². The molecule has 4 heteroatoms. The Kier molecular flexibility index (Phi) is 4.75. The Morgan fingerprint density at radius 1 is 1.42 bits per heavy atom. The highest BCUT2D eigenvalue weighted by atomic mass is 32.2. The number of piperidine rings is 1. The number of anilines is 1. The van der Waals surface area contributed by atoms with E-state index >= 15 is 0 Å². The van der Waals surface area contributed by atoms with E-state index in [-0.39, 0.29) is 5.91 Å². The van der Waals surface area contributed by atoms with Gasteiger partial charge in [0.15, 0.2) is 0 Å². The van der Waals surface area contributed by atoms with Crippen molar-refractivity contribution in [3.63, 3.8) is 0 Å². The van der Waals surface area contributed by atoms with Gasteiger partial charge in [0, 0.05) is 23.7 Å². The number of likely N-dealkylation sites (tertiary alicyclic amines) is 1. The van der Waals surface area contributed by atoms with Crippen LogP contribution in [0, 0.1) is 12.8 Å². The minimum atomic E-state index is 0.249. The molecular formula is C15H22N2OS. The summed E-state index contributed by atoms with van der Waals surface area (Å²) in [5, 5.41) is 0. The molecule has 0 bridgehead atoms. The molecule has 1 fully saturated rings. The van der Waals surface area contributed by atoms with E-state index in [4.69, 9.17) is 5.73 Å². The van der Waals surface area contributed by atoms with Gasteiger partial charge in [-0.05, 0) is 43.4 Å². The lowest BCUT2D eigenvalue weighted by Gasteiger charge is -2.30. The summed E-state index contributed by atoms with van der Waals surface area (Å²) in [6.07, 6.45) is 2.27. The maximum atomic E-state index is 12.1. The first-order valence-corrected chi connectivity index (χ1v) is 7.81. The number of aryl methyl sites for hydroxylation is 1. The van der Waals surface area contributed by atoms with Crippen LogP contribution in [0.25, 0.3) is 0 Å². The lowest BCUT2D eigenvalue weighted by Crippen LogP contribution is -2.38. The molecule has 19 heavy (non-hydrogen) atoms. The van der Waals surface area contributed by atoms with Crippen molar-refractivity contribution in [2.75, 3.05) is 24.6 Å². The van der Waals surface area contributed by atoms with E-state index in [1.54, 1.807) is 11.8 Å². The van der Waals surface area contributed by atoms with Gasteiger partial charge in [-0.1, -0.05) is 13.0 Å². The van der Waals surface area contributed by atoms with Crippen molar-refractivity contribution in [2.24, 2.45) is 5.92 Å². The molecule has 0 unspecified atom stereocenters. The fourth-order valence-electron chi connectivity index (χ4n) is 2.26. The molecule has 1 saturated heterocycles. The SMILES string of the molecule is Cc1ccc(N)cc1SCC(=O)N1CCC(C)CC1. The van der Waals surface area contributed by atoms with E-state index in [9.17, 15) is 4.79 Å². The van der Waals surface area contributed by atoms with Crippen LogP contribution < -0.4 is 5.73 Å². The van der Waals surface area contributed by atoms with Gasteiger partial charge in [0.25, 0.3) is 0 Å². The molecule has 1 aliphatic rings. The molecule has 1 aliphatic heterocycles. The molecule has 0 aliphatic carbocycles. The fourth-order valence-corrected chi connectivity index (χ4v) is 3.24. The van der Waals surface area contributed by atoms with Crippen LogP contribution in [-0.2, 0) is 4.79 Å².